The molecule has 6 nitrogen and oxygen atoms in total. The van der Waals surface area contributed by atoms with Gasteiger partial charge in [-0.3, -0.25) is 4.79 Å². The van der Waals surface area contributed by atoms with Gasteiger partial charge in [-0.05, 0) is 13.8 Å². The van der Waals surface area contributed by atoms with Gasteiger partial charge in [0.05, 0.1) is 18.6 Å². The van der Waals surface area contributed by atoms with E-state index in [1.807, 2.05) is 13.8 Å². The van der Waals surface area contributed by atoms with Crippen molar-refractivity contribution in [2.24, 2.45) is 5.92 Å². The first kappa shape index (κ1) is 13.8. The Hall–Kier alpha value is -1.30. The topological polar surface area (TPSA) is 70.1 Å². The quantitative estimate of drug-likeness (QED) is 0.763. The average molecular weight is 244 g/mol. The van der Waals surface area contributed by atoms with E-state index >= 15 is 0 Å². The number of hydrogen-bond acceptors (Lipinski definition) is 3. The molecule has 0 unspecified atom stereocenters. The number of likely N-dealkylation sites (tertiary alicyclic amines) is 1. The summed E-state index contributed by atoms with van der Waals surface area (Å²) < 4.78 is 5.35. The maximum absolute atomic E-state index is 11.8. The summed E-state index contributed by atoms with van der Waals surface area (Å²) in [5.41, 5.74) is 0. The van der Waals surface area contributed by atoms with Crippen molar-refractivity contribution in [2.75, 3.05) is 33.3 Å². The van der Waals surface area contributed by atoms with Crippen molar-refractivity contribution in [2.45, 2.75) is 20.0 Å². The van der Waals surface area contributed by atoms with Gasteiger partial charge in [0.2, 0.25) is 0 Å². The molecule has 0 aromatic carbocycles. The van der Waals surface area contributed by atoms with Gasteiger partial charge in [0.25, 0.3) is 0 Å². The Morgan fingerprint density at radius 3 is 2.53 bits per heavy atom. The molecule has 6 heteroatoms. The van der Waals surface area contributed by atoms with Crippen molar-refractivity contribution < 1.29 is 19.4 Å². The minimum Gasteiger partial charge on any atom is -0.481 e. The van der Waals surface area contributed by atoms with Crippen molar-refractivity contribution in [3.63, 3.8) is 0 Å². The van der Waals surface area contributed by atoms with E-state index in [-0.39, 0.29) is 12.1 Å². The lowest BCUT2D eigenvalue weighted by molar-refractivity contribution is -0.146. The lowest BCUT2D eigenvalue weighted by atomic mass is 10.0. The zero-order valence-corrected chi connectivity index (χ0v) is 10.5. The number of nitrogens with zero attached hydrogens (tertiary/aromatic N) is 2. The van der Waals surface area contributed by atoms with Crippen molar-refractivity contribution in [1.82, 2.24) is 9.80 Å². The van der Waals surface area contributed by atoms with E-state index in [0.29, 0.717) is 26.2 Å². The Morgan fingerprint density at radius 2 is 2.06 bits per heavy atom. The third-order valence-corrected chi connectivity index (χ3v) is 2.71. The number of carbonyl (C=O) groups is 2. The molecule has 0 aromatic rings. The molecule has 2 amide bonds. The molecule has 98 valence electrons. The Bertz CT molecular complexity index is 287. The van der Waals surface area contributed by atoms with E-state index in [4.69, 9.17) is 9.84 Å². The molecule has 0 radical (unpaired) electrons. The second-order valence-corrected chi connectivity index (χ2v) is 4.56. The van der Waals surface area contributed by atoms with Gasteiger partial charge < -0.3 is 19.6 Å². The second-order valence-electron chi connectivity index (χ2n) is 4.56. The van der Waals surface area contributed by atoms with Crippen LogP contribution in [0.25, 0.3) is 0 Å². The van der Waals surface area contributed by atoms with Gasteiger partial charge in [-0.25, -0.2) is 4.79 Å². The maximum atomic E-state index is 11.8. The highest BCUT2D eigenvalue weighted by Crippen LogP contribution is 2.16. The van der Waals surface area contributed by atoms with Gasteiger partial charge in [0, 0.05) is 26.7 Å². The number of amides is 2. The molecule has 0 spiro atoms. The third kappa shape index (κ3) is 3.89. The fourth-order valence-electron chi connectivity index (χ4n) is 1.55. The molecule has 0 atom stereocenters. The molecule has 1 heterocycles. The zero-order chi connectivity index (χ0) is 13.0. The van der Waals surface area contributed by atoms with E-state index in [0.717, 1.165) is 0 Å². The Labute approximate surface area is 101 Å². The number of hydrogen-bond donors (Lipinski definition) is 1. The van der Waals surface area contributed by atoms with Crippen molar-refractivity contribution in [3.8, 4) is 0 Å². The van der Waals surface area contributed by atoms with E-state index in [9.17, 15) is 9.59 Å². The number of carboxylic acid groups (broad SMARTS) is 1. The van der Waals surface area contributed by atoms with Crippen molar-refractivity contribution >= 4 is 12.0 Å². The molecule has 17 heavy (non-hydrogen) atoms. The van der Waals surface area contributed by atoms with Gasteiger partial charge in [-0.1, -0.05) is 0 Å². The molecule has 1 saturated heterocycles. The molecule has 0 saturated carbocycles. The van der Waals surface area contributed by atoms with Crippen LogP contribution in [0.1, 0.15) is 13.8 Å². The van der Waals surface area contributed by atoms with Gasteiger partial charge in [0.15, 0.2) is 0 Å². The third-order valence-electron chi connectivity index (χ3n) is 2.71. The molecule has 1 fully saturated rings. The fourth-order valence-corrected chi connectivity index (χ4v) is 1.55. The predicted octanol–water partition coefficient (Wildman–Crippen LogP) is 0.480. The van der Waals surface area contributed by atoms with Crippen LogP contribution in [0.15, 0.2) is 0 Å². The van der Waals surface area contributed by atoms with Crippen LogP contribution < -0.4 is 0 Å². The monoisotopic (exact) mass is 244 g/mol. The molecule has 1 N–H and O–H groups in total. The first-order chi connectivity index (χ1) is 7.91. The Balaban J connectivity index is 2.22. The SMILES string of the molecule is CC(C)OCCN(C)C(=O)N1CC(C(=O)O)C1. The maximum Gasteiger partial charge on any atom is 0.319 e. The molecular weight excluding hydrogens is 224 g/mol. The molecule has 0 bridgehead atoms. The highest BCUT2D eigenvalue weighted by molar-refractivity contribution is 5.79. The number of aliphatic carboxylic acids is 1. The largest absolute Gasteiger partial charge is 0.481 e. The van der Waals surface area contributed by atoms with E-state index in [1.54, 1.807) is 11.9 Å². The number of carboxylic acids is 1. The standard InChI is InChI=1S/C11H20N2O4/c1-8(2)17-5-4-12(3)11(16)13-6-9(7-13)10(14)15/h8-9H,4-7H2,1-3H3,(H,14,15). The summed E-state index contributed by atoms with van der Waals surface area (Å²) >= 11 is 0. The predicted molar refractivity (Wildman–Crippen MR) is 61.8 cm³/mol. The van der Waals surface area contributed by atoms with Crippen LogP contribution in [-0.2, 0) is 9.53 Å². The summed E-state index contributed by atoms with van der Waals surface area (Å²) in [5, 5.41) is 8.70. The smallest absolute Gasteiger partial charge is 0.319 e. The zero-order valence-electron chi connectivity index (χ0n) is 10.5. The highest BCUT2D eigenvalue weighted by Gasteiger charge is 2.36. The molecule has 1 rings (SSSR count). The summed E-state index contributed by atoms with van der Waals surface area (Å²) in [6.07, 6.45) is 0.152. The summed E-state index contributed by atoms with van der Waals surface area (Å²) in [4.78, 5) is 25.5. The number of urea groups is 1. The summed E-state index contributed by atoms with van der Waals surface area (Å²) in [6, 6.07) is -0.130. The van der Waals surface area contributed by atoms with Gasteiger partial charge >= 0.3 is 12.0 Å². The van der Waals surface area contributed by atoms with Crippen LogP contribution >= 0.6 is 0 Å². The fraction of sp³-hybridized carbons (Fsp3) is 0.818. The van der Waals surface area contributed by atoms with Crippen LogP contribution in [0.5, 0.6) is 0 Å². The Kier molecular flexibility index (Phi) is 4.74. The van der Waals surface area contributed by atoms with Gasteiger partial charge in [0.1, 0.15) is 0 Å². The van der Waals surface area contributed by atoms with Crippen molar-refractivity contribution in [1.29, 1.82) is 0 Å². The first-order valence-corrected chi connectivity index (χ1v) is 5.76. The summed E-state index contributed by atoms with van der Waals surface area (Å²) in [6.45, 7) is 5.51. The highest BCUT2D eigenvalue weighted by atomic mass is 16.5. The second kappa shape index (κ2) is 5.86. The van der Waals surface area contributed by atoms with Gasteiger partial charge in [-0.15, -0.1) is 0 Å². The minimum atomic E-state index is -0.833. The van der Waals surface area contributed by atoms with Crippen LogP contribution in [0, 0.1) is 5.92 Å². The van der Waals surface area contributed by atoms with Crippen LogP contribution in [0.3, 0.4) is 0 Å². The van der Waals surface area contributed by atoms with Gasteiger partial charge in [-0.2, -0.15) is 0 Å². The molecule has 0 aliphatic carbocycles. The number of likely N-dealkylation sites (N-methyl/N-ethyl adjacent to an activating group) is 1. The van der Waals surface area contributed by atoms with Crippen LogP contribution in [0.2, 0.25) is 0 Å². The number of ether oxygens (including phenoxy) is 1. The molecule has 1 aliphatic heterocycles. The summed E-state index contributed by atoms with van der Waals surface area (Å²) in [7, 11) is 1.69. The number of rotatable bonds is 5. The lowest BCUT2D eigenvalue weighted by Crippen LogP contribution is -2.56. The lowest BCUT2D eigenvalue weighted by Gasteiger charge is -2.38. The summed E-state index contributed by atoms with van der Waals surface area (Å²) in [5.74, 6) is -1.24. The molecule has 0 aromatic heterocycles. The average Bonchev–Trinajstić information content (AvgIpc) is 2.13. The van der Waals surface area contributed by atoms with Crippen LogP contribution in [0.4, 0.5) is 4.79 Å². The van der Waals surface area contributed by atoms with E-state index in [1.165, 1.54) is 4.90 Å². The Morgan fingerprint density at radius 1 is 1.47 bits per heavy atom. The van der Waals surface area contributed by atoms with E-state index < -0.39 is 11.9 Å². The van der Waals surface area contributed by atoms with Crippen molar-refractivity contribution in [3.05, 3.63) is 0 Å². The number of carbonyl (C=O) groups excluding carboxylic acids is 1. The first-order valence-electron chi connectivity index (χ1n) is 5.76. The molecular formula is C11H20N2O4. The molecule has 1 aliphatic rings. The normalized spacial score (nSPS) is 15.9. The van der Waals surface area contributed by atoms with E-state index in [2.05, 4.69) is 0 Å². The van der Waals surface area contributed by atoms with Crippen LogP contribution in [-0.4, -0.2) is 66.3 Å². The minimum absolute atomic E-state index is 0.130.